The van der Waals surface area contributed by atoms with Crippen molar-refractivity contribution in [1.82, 2.24) is 5.32 Å². The number of carbonyl (C=O) groups excluding carboxylic acids is 1. The van der Waals surface area contributed by atoms with Crippen LogP contribution < -0.4 is 5.32 Å². The van der Waals surface area contributed by atoms with E-state index in [2.05, 4.69) is 5.32 Å². The van der Waals surface area contributed by atoms with E-state index >= 15 is 0 Å². The monoisotopic (exact) mass is 347 g/mol. The molecule has 0 aliphatic rings. The molecule has 118 valence electrons. The number of carboxylic acids is 1. The quantitative estimate of drug-likeness (QED) is 0.729. The molecule has 1 amide bonds. The van der Waals surface area contributed by atoms with Crippen LogP contribution in [-0.2, 0) is 17.9 Å². The minimum absolute atomic E-state index is 0.135. The van der Waals surface area contributed by atoms with Crippen LogP contribution in [0.3, 0.4) is 0 Å². The molecule has 2 aromatic heterocycles. The van der Waals surface area contributed by atoms with Gasteiger partial charge in [-0.3, -0.25) is 0 Å². The smallest absolute Gasteiger partial charge is 0.407 e. The Balaban J connectivity index is 1.63. The topological polar surface area (TPSA) is 75.6 Å². The van der Waals surface area contributed by atoms with Crippen molar-refractivity contribution in [2.45, 2.75) is 13.2 Å². The van der Waals surface area contributed by atoms with Crippen LogP contribution in [0.15, 0.2) is 41.8 Å². The summed E-state index contributed by atoms with van der Waals surface area (Å²) >= 11 is 2.69. The standard InChI is InChI=1S/C16H13NO4S2/c18-15(19)14-11(13-12(23-14)6-7-22-13)8-17-16(20)21-9-10-4-2-1-3-5-10/h1-7H,8-9H2,(H,17,20)(H,18,19). The van der Waals surface area contributed by atoms with Crippen molar-refractivity contribution in [2.24, 2.45) is 0 Å². The van der Waals surface area contributed by atoms with Gasteiger partial charge in [-0.15, -0.1) is 22.7 Å². The van der Waals surface area contributed by atoms with E-state index in [1.54, 1.807) is 0 Å². The van der Waals surface area contributed by atoms with Crippen LogP contribution in [0, 0.1) is 0 Å². The number of carboxylic acid groups (broad SMARTS) is 1. The molecule has 3 rings (SSSR count). The summed E-state index contributed by atoms with van der Waals surface area (Å²) in [7, 11) is 0. The summed E-state index contributed by atoms with van der Waals surface area (Å²) in [6, 6.07) is 11.2. The number of fused-ring (bicyclic) bond motifs is 1. The largest absolute Gasteiger partial charge is 0.477 e. The lowest BCUT2D eigenvalue weighted by atomic mass is 10.2. The third-order valence-electron chi connectivity index (χ3n) is 3.21. The zero-order valence-corrected chi connectivity index (χ0v) is 13.6. The van der Waals surface area contributed by atoms with Crippen LogP contribution >= 0.6 is 22.7 Å². The van der Waals surface area contributed by atoms with E-state index in [-0.39, 0.29) is 18.0 Å². The highest BCUT2D eigenvalue weighted by Crippen LogP contribution is 2.35. The lowest BCUT2D eigenvalue weighted by molar-refractivity contribution is 0.0700. The minimum atomic E-state index is -0.979. The number of carbonyl (C=O) groups is 2. The van der Waals surface area contributed by atoms with Crippen molar-refractivity contribution in [1.29, 1.82) is 0 Å². The van der Waals surface area contributed by atoms with Crippen molar-refractivity contribution >= 4 is 44.1 Å². The van der Waals surface area contributed by atoms with Gasteiger partial charge in [0.25, 0.3) is 0 Å². The number of aromatic carboxylic acids is 1. The average Bonchev–Trinajstić information content (AvgIpc) is 3.13. The molecule has 7 heteroatoms. The van der Waals surface area contributed by atoms with Crippen molar-refractivity contribution in [3.8, 4) is 0 Å². The number of rotatable bonds is 5. The van der Waals surface area contributed by atoms with E-state index < -0.39 is 12.1 Å². The Labute approximate surface area is 140 Å². The predicted octanol–water partition coefficient (Wildman–Crippen LogP) is 4.09. The molecule has 0 saturated heterocycles. The minimum Gasteiger partial charge on any atom is -0.477 e. The fraction of sp³-hybridized carbons (Fsp3) is 0.125. The molecule has 5 nitrogen and oxygen atoms in total. The van der Waals surface area contributed by atoms with Crippen LogP contribution in [0.4, 0.5) is 4.79 Å². The zero-order valence-electron chi connectivity index (χ0n) is 11.9. The molecule has 0 fully saturated rings. The highest BCUT2D eigenvalue weighted by molar-refractivity contribution is 7.28. The number of thiophene rings is 2. The number of amides is 1. The van der Waals surface area contributed by atoms with Gasteiger partial charge in [0.05, 0.1) is 4.70 Å². The van der Waals surface area contributed by atoms with Crippen molar-refractivity contribution < 1.29 is 19.4 Å². The molecule has 1 aromatic carbocycles. The van der Waals surface area contributed by atoms with Crippen LogP contribution in [0.1, 0.15) is 20.8 Å². The lowest BCUT2D eigenvalue weighted by Gasteiger charge is -2.07. The van der Waals surface area contributed by atoms with Gasteiger partial charge in [-0.25, -0.2) is 9.59 Å². The summed E-state index contributed by atoms with van der Waals surface area (Å²) in [6.45, 7) is 0.312. The van der Waals surface area contributed by atoms with Crippen LogP contribution in [0.2, 0.25) is 0 Å². The molecular weight excluding hydrogens is 334 g/mol. The molecule has 3 aromatic rings. The van der Waals surface area contributed by atoms with Gasteiger partial charge in [-0.05, 0) is 17.0 Å². The molecule has 0 spiro atoms. The summed E-state index contributed by atoms with van der Waals surface area (Å²) in [4.78, 5) is 23.4. The van der Waals surface area contributed by atoms with E-state index in [0.717, 1.165) is 15.0 Å². The Morgan fingerprint density at radius 3 is 2.70 bits per heavy atom. The molecule has 2 heterocycles. The molecule has 0 aliphatic heterocycles. The van der Waals surface area contributed by atoms with Gasteiger partial charge in [0.2, 0.25) is 0 Å². The van der Waals surface area contributed by atoms with Gasteiger partial charge in [-0.2, -0.15) is 0 Å². The maximum absolute atomic E-state index is 11.8. The molecule has 0 unspecified atom stereocenters. The fourth-order valence-electron chi connectivity index (χ4n) is 2.14. The highest BCUT2D eigenvalue weighted by atomic mass is 32.1. The lowest BCUT2D eigenvalue weighted by Crippen LogP contribution is -2.24. The fourth-order valence-corrected chi connectivity index (χ4v) is 4.36. The van der Waals surface area contributed by atoms with Gasteiger partial charge in [-0.1, -0.05) is 30.3 Å². The van der Waals surface area contributed by atoms with Gasteiger partial charge in [0, 0.05) is 16.8 Å². The van der Waals surface area contributed by atoms with E-state index in [9.17, 15) is 14.7 Å². The highest BCUT2D eigenvalue weighted by Gasteiger charge is 2.19. The number of ether oxygens (including phenoxy) is 1. The van der Waals surface area contributed by atoms with Crippen molar-refractivity contribution in [3.05, 3.63) is 57.8 Å². The normalized spacial score (nSPS) is 10.6. The van der Waals surface area contributed by atoms with E-state index in [4.69, 9.17) is 4.74 Å². The Morgan fingerprint density at radius 1 is 1.17 bits per heavy atom. The zero-order chi connectivity index (χ0) is 16.2. The number of hydrogen-bond acceptors (Lipinski definition) is 5. The SMILES string of the molecule is O=C(NCc1c(C(=O)O)sc2ccsc12)OCc1ccccc1. The molecule has 0 radical (unpaired) electrons. The first kappa shape index (κ1) is 15.5. The Morgan fingerprint density at radius 2 is 1.96 bits per heavy atom. The number of benzene rings is 1. The van der Waals surface area contributed by atoms with E-state index in [0.29, 0.717) is 5.56 Å². The molecule has 0 saturated carbocycles. The predicted molar refractivity (Wildman–Crippen MR) is 90.1 cm³/mol. The third kappa shape index (κ3) is 3.52. The maximum atomic E-state index is 11.8. The third-order valence-corrected chi connectivity index (χ3v) is 5.49. The van der Waals surface area contributed by atoms with Crippen LogP contribution in [0.25, 0.3) is 9.40 Å². The Hall–Kier alpha value is -2.38. The summed E-state index contributed by atoms with van der Waals surface area (Å²) < 4.78 is 6.95. The molecule has 0 aliphatic carbocycles. The second-order valence-corrected chi connectivity index (χ2v) is 6.71. The molecule has 2 N–H and O–H groups in total. The van der Waals surface area contributed by atoms with Crippen LogP contribution in [-0.4, -0.2) is 17.2 Å². The maximum Gasteiger partial charge on any atom is 0.407 e. The summed E-state index contributed by atoms with van der Waals surface area (Å²) in [5.74, 6) is -0.979. The molecule has 23 heavy (non-hydrogen) atoms. The summed E-state index contributed by atoms with van der Waals surface area (Å²) in [6.07, 6.45) is -0.568. The van der Waals surface area contributed by atoms with Gasteiger partial charge in [0.15, 0.2) is 0 Å². The molecular formula is C16H13NO4S2. The summed E-state index contributed by atoms with van der Waals surface area (Å²) in [5.41, 5.74) is 1.52. The molecule has 0 atom stereocenters. The first-order valence-corrected chi connectivity index (χ1v) is 8.51. The second kappa shape index (κ2) is 6.80. The van der Waals surface area contributed by atoms with Crippen LogP contribution in [0.5, 0.6) is 0 Å². The van der Waals surface area contributed by atoms with Crippen molar-refractivity contribution in [2.75, 3.05) is 0 Å². The van der Waals surface area contributed by atoms with Crippen molar-refractivity contribution in [3.63, 3.8) is 0 Å². The average molecular weight is 347 g/mol. The number of alkyl carbamates (subject to hydrolysis) is 1. The van der Waals surface area contributed by atoms with E-state index in [1.807, 2.05) is 41.8 Å². The van der Waals surface area contributed by atoms with Gasteiger partial charge < -0.3 is 15.2 Å². The van der Waals surface area contributed by atoms with Gasteiger partial charge in [0.1, 0.15) is 11.5 Å². The second-order valence-electron chi connectivity index (χ2n) is 4.74. The van der Waals surface area contributed by atoms with E-state index in [1.165, 1.54) is 22.7 Å². The Kier molecular flexibility index (Phi) is 4.59. The Bertz CT molecular complexity index is 838. The summed E-state index contributed by atoms with van der Waals surface area (Å²) in [5, 5.41) is 13.8. The molecule has 0 bridgehead atoms. The number of nitrogens with one attached hydrogen (secondary N) is 1. The van der Waals surface area contributed by atoms with Gasteiger partial charge >= 0.3 is 12.1 Å². The first-order valence-electron chi connectivity index (χ1n) is 6.82. The number of hydrogen-bond donors (Lipinski definition) is 2. The first-order chi connectivity index (χ1) is 11.1.